The molecule has 0 fully saturated rings. The average Bonchev–Trinajstić information content (AvgIpc) is 2.25. The quantitative estimate of drug-likeness (QED) is 0.251. The predicted octanol–water partition coefficient (Wildman–Crippen LogP) is -0.676. The molecule has 5 nitrogen and oxygen atoms in total. The molecule has 0 aliphatic carbocycles. The van der Waals surface area contributed by atoms with Crippen LogP contribution in [0, 0.1) is 12.3 Å². The monoisotopic (exact) mass is 228 g/mol. The first-order chi connectivity index (χ1) is 7.57. The molecule has 0 aliphatic rings. The number of hydrogen-bond donors (Lipinski definition) is 4. The van der Waals surface area contributed by atoms with Gasteiger partial charge in [-0.15, -0.1) is 6.42 Å². The first-order valence-corrected chi connectivity index (χ1v) is 5.39. The second-order valence-corrected chi connectivity index (χ2v) is 3.66. The van der Waals surface area contributed by atoms with Crippen LogP contribution in [-0.4, -0.2) is 35.0 Å². The van der Waals surface area contributed by atoms with Crippen LogP contribution in [0.4, 0.5) is 0 Å². The Hall–Kier alpha value is -1.09. The van der Waals surface area contributed by atoms with Crippen molar-refractivity contribution >= 4 is 5.91 Å². The molecule has 0 aromatic heterocycles. The summed E-state index contributed by atoms with van der Waals surface area (Å²) in [4.78, 5) is 11.1. The van der Waals surface area contributed by atoms with E-state index in [0.29, 0.717) is 12.8 Å². The number of nitrogens with one attached hydrogen (secondary N) is 1. The van der Waals surface area contributed by atoms with Crippen molar-refractivity contribution in [1.29, 1.82) is 0 Å². The first-order valence-electron chi connectivity index (χ1n) is 5.39. The van der Waals surface area contributed by atoms with Gasteiger partial charge in [0.15, 0.2) is 6.29 Å². The highest BCUT2D eigenvalue weighted by Gasteiger charge is 2.09. The summed E-state index contributed by atoms with van der Waals surface area (Å²) in [5.74, 6) is 2.27. The Balaban J connectivity index is 3.34. The van der Waals surface area contributed by atoms with Gasteiger partial charge in [0.05, 0.1) is 12.6 Å². The number of amides is 1. The lowest BCUT2D eigenvalue weighted by molar-refractivity contribution is -0.120. The Morgan fingerprint density at radius 2 is 2.06 bits per heavy atom. The largest absolute Gasteiger partial charge is 0.367 e. The fourth-order valence-electron chi connectivity index (χ4n) is 1.23. The molecule has 0 rings (SSSR count). The minimum atomic E-state index is -1.46. The van der Waals surface area contributed by atoms with E-state index in [9.17, 15) is 4.79 Å². The van der Waals surface area contributed by atoms with Crippen LogP contribution in [0.1, 0.15) is 32.1 Å². The zero-order valence-corrected chi connectivity index (χ0v) is 9.35. The third-order valence-electron chi connectivity index (χ3n) is 2.21. The standard InChI is InChI=1S/C11H20N2O3/c1-2-8-13-10(14)7-5-3-4-6-9(12)11(15)16/h1,9,11,15-16H,3-8,12H2,(H,13,14)/t9-/m0/s1. The third kappa shape index (κ3) is 8.24. The van der Waals surface area contributed by atoms with Gasteiger partial charge in [0.1, 0.15) is 0 Å². The molecule has 5 N–H and O–H groups in total. The molecule has 1 amide bonds. The van der Waals surface area contributed by atoms with E-state index in [-0.39, 0.29) is 12.5 Å². The Morgan fingerprint density at radius 1 is 1.38 bits per heavy atom. The Kier molecular flexibility index (Phi) is 8.53. The summed E-state index contributed by atoms with van der Waals surface area (Å²) in [6.45, 7) is 0.264. The van der Waals surface area contributed by atoms with Crippen LogP contribution in [0.15, 0.2) is 0 Å². The maximum absolute atomic E-state index is 11.1. The lowest BCUT2D eigenvalue weighted by Crippen LogP contribution is -2.34. The number of hydrogen-bond acceptors (Lipinski definition) is 4. The highest BCUT2D eigenvalue weighted by Crippen LogP contribution is 2.06. The lowest BCUT2D eigenvalue weighted by atomic mass is 10.1. The summed E-state index contributed by atoms with van der Waals surface area (Å²) < 4.78 is 0. The van der Waals surface area contributed by atoms with Gasteiger partial charge in [-0.2, -0.15) is 0 Å². The van der Waals surface area contributed by atoms with E-state index >= 15 is 0 Å². The number of carbonyl (C=O) groups is 1. The molecule has 0 saturated carbocycles. The molecule has 0 aromatic rings. The van der Waals surface area contributed by atoms with Crippen LogP contribution in [0.5, 0.6) is 0 Å². The van der Waals surface area contributed by atoms with E-state index in [1.54, 1.807) is 0 Å². The SMILES string of the molecule is C#CCNC(=O)CCCCC[C@H](N)C(O)O. The van der Waals surface area contributed by atoms with E-state index in [2.05, 4.69) is 11.2 Å². The number of nitrogens with two attached hydrogens (primary N) is 1. The summed E-state index contributed by atoms with van der Waals surface area (Å²) in [5, 5.41) is 20.0. The fourth-order valence-corrected chi connectivity index (χ4v) is 1.23. The predicted molar refractivity (Wildman–Crippen MR) is 61.1 cm³/mol. The van der Waals surface area contributed by atoms with Crippen LogP contribution < -0.4 is 11.1 Å². The normalized spacial score (nSPS) is 12.2. The van der Waals surface area contributed by atoms with Crippen molar-refractivity contribution in [2.45, 2.75) is 44.4 Å². The van der Waals surface area contributed by atoms with E-state index in [4.69, 9.17) is 22.4 Å². The van der Waals surface area contributed by atoms with Crippen molar-refractivity contribution in [3.8, 4) is 12.3 Å². The zero-order chi connectivity index (χ0) is 12.4. The molecular weight excluding hydrogens is 208 g/mol. The maximum atomic E-state index is 11.1. The highest BCUT2D eigenvalue weighted by atomic mass is 16.5. The summed E-state index contributed by atoms with van der Waals surface area (Å²) in [6, 6.07) is -0.602. The molecule has 92 valence electrons. The van der Waals surface area contributed by atoms with E-state index in [1.807, 2.05) is 0 Å². The van der Waals surface area contributed by atoms with E-state index in [0.717, 1.165) is 19.3 Å². The molecule has 0 aliphatic heterocycles. The molecule has 0 spiro atoms. The van der Waals surface area contributed by atoms with Gasteiger partial charge >= 0.3 is 0 Å². The van der Waals surface area contributed by atoms with Crippen molar-refractivity contribution in [3.05, 3.63) is 0 Å². The van der Waals surface area contributed by atoms with Crippen molar-refractivity contribution in [3.63, 3.8) is 0 Å². The zero-order valence-electron chi connectivity index (χ0n) is 9.35. The fraction of sp³-hybridized carbons (Fsp3) is 0.727. The van der Waals surface area contributed by atoms with Crippen LogP contribution in [0.25, 0.3) is 0 Å². The molecule has 0 unspecified atom stereocenters. The summed E-state index contributed by atoms with van der Waals surface area (Å²) >= 11 is 0. The Labute approximate surface area is 96.0 Å². The number of aliphatic hydroxyl groups is 2. The smallest absolute Gasteiger partial charge is 0.220 e. The molecule has 1 atom stereocenters. The second-order valence-electron chi connectivity index (χ2n) is 3.66. The molecule has 0 heterocycles. The van der Waals surface area contributed by atoms with Gasteiger partial charge in [-0.25, -0.2) is 0 Å². The van der Waals surface area contributed by atoms with Gasteiger partial charge in [-0.05, 0) is 12.8 Å². The number of aliphatic hydroxyl groups excluding tert-OH is 1. The van der Waals surface area contributed by atoms with Crippen molar-refractivity contribution in [1.82, 2.24) is 5.32 Å². The molecule has 5 heteroatoms. The minimum Gasteiger partial charge on any atom is -0.367 e. The molecule has 0 saturated heterocycles. The van der Waals surface area contributed by atoms with Crippen LogP contribution in [0.2, 0.25) is 0 Å². The number of rotatable bonds is 8. The summed E-state index contributed by atoms with van der Waals surface area (Å²) in [7, 11) is 0. The molecular formula is C11H20N2O3. The second kappa shape index (κ2) is 9.16. The summed E-state index contributed by atoms with van der Waals surface area (Å²) in [6.07, 6.45) is 6.89. The van der Waals surface area contributed by atoms with Crippen molar-refractivity contribution < 1.29 is 15.0 Å². The van der Waals surface area contributed by atoms with Crippen LogP contribution in [0.3, 0.4) is 0 Å². The van der Waals surface area contributed by atoms with Crippen molar-refractivity contribution in [2.75, 3.05) is 6.54 Å². The van der Waals surface area contributed by atoms with E-state index < -0.39 is 12.3 Å². The topological polar surface area (TPSA) is 95.6 Å². The van der Waals surface area contributed by atoms with Gasteiger partial charge in [-0.3, -0.25) is 4.79 Å². The Morgan fingerprint density at radius 3 is 2.62 bits per heavy atom. The highest BCUT2D eigenvalue weighted by molar-refractivity contribution is 5.76. The van der Waals surface area contributed by atoms with Gasteiger partial charge in [0.25, 0.3) is 0 Å². The number of terminal acetylenes is 1. The number of unbranched alkanes of at least 4 members (excludes halogenated alkanes) is 2. The minimum absolute atomic E-state index is 0.0514. The number of carbonyl (C=O) groups excluding carboxylic acids is 1. The maximum Gasteiger partial charge on any atom is 0.220 e. The molecule has 16 heavy (non-hydrogen) atoms. The third-order valence-corrected chi connectivity index (χ3v) is 2.21. The lowest BCUT2D eigenvalue weighted by Gasteiger charge is -2.12. The van der Waals surface area contributed by atoms with Gasteiger partial charge in [0, 0.05) is 6.42 Å². The van der Waals surface area contributed by atoms with Crippen LogP contribution >= 0.6 is 0 Å². The Bertz CT molecular complexity index is 236. The molecule has 0 aromatic carbocycles. The van der Waals surface area contributed by atoms with Crippen molar-refractivity contribution in [2.24, 2.45) is 5.73 Å². The van der Waals surface area contributed by atoms with Gasteiger partial charge in [-0.1, -0.05) is 18.8 Å². The molecule has 0 radical (unpaired) electrons. The van der Waals surface area contributed by atoms with Crippen LogP contribution in [-0.2, 0) is 4.79 Å². The average molecular weight is 228 g/mol. The van der Waals surface area contributed by atoms with Gasteiger partial charge in [0.2, 0.25) is 5.91 Å². The van der Waals surface area contributed by atoms with Gasteiger partial charge < -0.3 is 21.3 Å². The van der Waals surface area contributed by atoms with E-state index in [1.165, 1.54) is 0 Å². The summed E-state index contributed by atoms with van der Waals surface area (Å²) in [5.41, 5.74) is 5.42. The molecule has 0 bridgehead atoms. The first kappa shape index (κ1) is 14.9.